The van der Waals surface area contributed by atoms with E-state index in [1.54, 1.807) is 11.8 Å². The Morgan fingerprint density at radius 1 is 1.38 bits per heavy atom. The lowest BCUT2D eigenvalue weighted by Crippen LogP contribution is -2.03. The fourth-order valence-corrected chi connectivity index (χ4v) is 2.54. The second kappa shape index (κ2) is 5.68. The van der Waals surface area contributed by atoms with E-state index in [0.29, 0.717) is 5.92 Å². The van der Waals surface area contributed by atoms with Gasteiger partial charge in [-0.05, 0) is 26.7 Å². The first-order valence-corrected chi connectivity index (χ1v) is 6.99. The highest BCUT2D eigenvalue weighted by atomic mass is 32.2. The molecule has 1 aromatic heterocycles. The van der Waals surface area contributed by atoms with Gasteiger partial charge in [0, 0.05) is 24.8 Å². The van der Waals surface area contributed by atoms with E-state index in [9.17, 15) is 0 Å². The molecule has 1 aliphatic carbocycles. The minimum absolute atomic E-state index is 0.675. The van der Waals surface area contributed by atoms with Crippen molar-refractivity contribution in [3.8, 4) is 0 Å². The van der Waals surface area contributed by atoms with Crippen LogP contribution in [0.5, 0.6) is 0 Å². The first-order valence-electron chi connectivity index (χ1n) is 6.00. The van der Waals surface area contributed by atoms with Crippen LogP contribution in [0, 0.1) is 0 Å². The van der Waals surface area contributed by atoms with Gasteiger partial charge in [-0.2, -0.15) is 0 Å². The molecular weight excluding hydrogens is 222 g/mol. The lowest BCUT2D eigenvalue weighted by Gasteiger charge is -2.06. The Hall–Kier alpha value is -0.550. The van der Waals surface area contributed by atoms with Crippen molar-refractivity contribution in [2.24, 2.45) is 0 Å². The van der Waals surface area contributed by atoms with Crippen LogP contribution < -0.4 is 0 Å². The van der Waals surface area contributed by atoms with Gasteiger partial charge in [-0.25, -0.2) is 0 Å². The number of hydrogen-bond acceptors (Lipinski definition) is 4. The maximum absolute atomic E-state index is 5.32. The molecule has 16 heavy (non-hydrogen) atoms. The van der Waals surface area contributed by atoms with Crippen LogP contribution in [0.3, 0.4) is 0 Å². The molecule has 0 saturated heterocycles. The molecule has 2 rings (SSSR count). The minimum Gasteiger partial charge on any atom is -0.381 e. The normalized spacial score (nSPS) is 15.6. The molecule has 1 fully saturated rings. The standard InChI is InChI=1S/C11H19N3OS/c1-3-14-10(9-5-6-9)12-13-11(14)16-8-7-15-4-2/h9H,3-8H2,1-2H3. The molecule has 0 unspecified atom stereocenters. The lowest BCUT2D eigenvalue weighted by molar-refractivity contribution is 0.164. The van der Waals surface area contributed by atoms with Gasteiger partial charge in [0.15, 0.2) is 5.16 Å². The van der Waals surface area contributed by atoms with Crippen molar-refractivity contribution in [3.63, 3.8) is 0 Å². The van der Waals surface area contributed by atoms with Crippen LogP contribution in [-0.4, -0.2) is 33.7 Å². The largest absolute Gasteiger partial charge is 0.381 e. The van der Waals surface area contributed by atoms with Gasteiger partial charge in [0.05, 0.1) is 6.61 Å². The molecule has 1 heterocycles. The van der Waals surface area contributed by atoms with Crippen LogP contribution in [0.25, 0.3) is 0 Å². The fraction of sp³-hybridized carbons (Fsp3) is 0.818. The van der Waals surface area contributed by atoms with E-state index < -0.39 is 0 Å². The number of nitrogens with zero attached hydrogens (tertiary/aromatic N) is 3. The fourth-order valence-electron chi connectivity index (χ4n) is 1.68. The van der Waals surface area contributed by atoms with Gasteiger partial charge in [-0.1, -0.05) is 11.8 Å². The molecule has 4 nitrogen and oxygen atoms in total. The first-order chi connectivity index (χ1) is 7.86. The van der Waals surface area contributed by atoms with Gasteiger partial charge >= 0.3 is 0 Å². The lowest BCUT2D eigenvalue weighted by atomic mass is 10.4. The third-order valence-corrected chi connectivity index (χ3v) is 3.60. The molecule has 0 spiro atoms. The van der Waals surface area contributed by atoms with Gasteiger partial charge in [-0.15, -0.1) is 10.2 Å². The van der Waals surface area contributed by atoms with E-state index in [1.807, 2.05) is 6.92 Å². The molecule has 0 N–H and O–H groups in total. The van der Waals surface area contributed by atoms with Crippen molar-refractivity contribution in [1.29, 1.82) is 0 Å². The van der Waals surface area contributed by atoms with E-state index in [-0.39, 0.29) is 0 Å². The predicted octanol–water partition coefficient (Wildman–Crippen LogP) is 2.30. The average molecular weight is 241 g/mol. The summed E-state index contributed by atoms with van der Waals surface area (Å²) >= 11 is 1.74. The molecule has 0 radical (unpaired) electrons. The summed E-state index contributed by atoms with van der Waals surface area (Å²) in [6.45, 7) is 6.72. The number of aromatic nitrogens is 3. The molecule has 90 valence electrons. The van der Waals surface area contributed by atoms with Gasteiger partial charge in [0.1, 0.15) is 5.82 Å². The Bertz CT molecular complexity index is 336. The molecule has 0 bridgehead atoms. The van der Waals surface area contributed by atoms with Crippen molar-refractivity contribution >= 4 is 11.8 Å². The number of rotatable bonds is 7. The smallest absolute Gasteiger partial charge is 0.191 e. The van der Waals surface area contributed by atoms with E-state index in [4.69, 9.17) is 4.74 Å². The third kappa shape index (κ3) is 2.77. The maximum Gasteiger partial charge on any atom is 0.191 e. The van der Waals surface area contributed by atoms with Crippen LogP contribution in [0.1, 0.15) is 38.4 Å². The number of thioether (sulfide) groups is 1. The Balaban J connectivity index is 1.92. The average Bonchev–Trinajstić information content (AvgIpc) is 3.06. The van der Waals surface area contributed by atoms with Gasteiger partial charge in [0.25, 0.3) is 0 Å². The molecule has 1 aromatic rings. The van der Waals surface area contributed by atoms with Crippen LogP contribution in [0.4, 0.5) is 0 Å². The van der Waals surface area contributed by atoms with Crippen molar-refractivity contribution in [2.75, 3.05) is 19.0 Å². The van der Waals surface area contributed by atoms with Crippen molar-refractivity contribution in [2.45, 2.75) is 44.3 Å². The molecular formula is C11H19N3OS. The summed E-state index contributed by atoms with van der Waals surface area (Å²) in [4.78, 5) is 0. The van der Waals surface area contributed by atoms with Crippen molar-refractivity contribution in [1.82, 2.24) is 14.8 Å². The van der Waals surface area contributed by atoms with E-state index >= 15 is 0 Å². The van der Waals surface area contributed by atoms with Crippen molar-refractivity contribution < 1.29 is 4.74 Å². The highest BCUT2D eigenvalue weighted by molar-refractivity contribution is 7.99. The highest BCUT2D eigenvalue weighted by Crippen LogP contribution is 2.39. The zero-order chi connectivity index (χ0) is 11.4. The topological polar surface area (TPSA) is 39.9 Å². The van der Waals surface area contributed by atoms with Crippen LogP contribution in [0.15, 0.2) is 5.16 Å². The Kier molecular flexibility index (Phi) is 4.23. The molecule has 1 saturated carbocycles. The summed E-state index contributed by atoms with van der Waals surface area (Å²) in [5, 5.41) is 9.61. The quantitative estimate of drug-likeness (QED) is 0.542. The van der Waals surface area contributed by atoms with E-state index in [1.165, 1.54) is 18.7 Å². The van der Waals surface area contributed by atoms with Crippen molar-refractivity contribution in [3.05, 3.63) is 5.82 Å². The SMILES string of the molecule is CCOCCSc1nnc(C2CC2)n1CC. The van der Waals surface area contributed by atoms with Gasteiger partial charge < -0.3 is 9.30 Å². The number of hydrogen-bond donors (Lipinski definition) is 0. The minimum atomic E-state index is 0.675. The monoisotopic (exact) mass is 241 g/mol. The molecule has 1 aliphatic rings. The Morgan fingerprint density at radius 2 is 2.19 bits per heavy atom. The zero-order valence-electron chi connectivity index (χ0n) is 9.98. The molecule has 0 amide bonds. The Labute approximate surface area is 101 Å². The summed E-state index contributed by atoms with van der Waals surface area (Å²) < 4.78 is 7.56. The third-order valence-electron chi connectivity index (χ3n) is 2.67. The summed E-state index contributed by atoms with van der Waals surface area (Å²) in [6.07, 6.45) is 2.56. The summed E-state index contributed by atoms with van der Waals surface area (Å²) in [5.41, 5.74) is 0. The first kappa shape index (κ1) is 11.9. The van der Waals surface area contributed by atoms with E-state index in [0.717, 1.165) is 30.7 Å². The molecule has 0 aromatic carbocycles. The summed E-state index contributed by atoms with van der Waals surface area (Å²) in [5.74, 6) is 2.81. The predicted molar refractivity (Wildman–Crippen MR) is 64.9 cm³/mol. The summed E-state index contributed by atoms with van der Waals surface area (Å²) in [6, 6.07) is 0. The van der Waals surface area contributed by atoms with Crippen LogP contribution in [0.2, 0.25) is 0 Å². The van der Waals surface area contributed by atoms with Crippen LogP contribution in [-0.2, 0) is 11.3 Å². The second-order valence-electron chi connectivity index (χ2n) is 3.90. The number of ether oxygens (including phenoxy) is 1. The molecule has 5 heteroatoms. The van der Waals surface area contributed by atoms with Gasteiger partial charge in [0.2, 0.25) is 0 Å². The zero-order valence-corrected chi connectivity index (χ0v) is 10.8. The maximum atomic E-state index is 5.32. The van der Waals surface area contributed by atoms with E-state index in [2.05, 4.69) is 21.7 Å². The molecule has 0 atom stereocenters. The van der Waals surface area contributed by atoms with Gasteiger partial charge in [-0.3, -0.25) is 0 Å². The van der Waals surface area contributed by atoms with Crippen LogP contribution >= 0.6 is 11.8 Å². The molecule has 0 aliphatic heterocycles. The highest BCUT2D eigenvalue weighted by Gasteiger charge is 2.29. The Morgan fingerprint density at radius 3 is 2.81 bits per heavy atom. The summed E-state index contributed by atoms with van der Waals surface area (Å²) in [7, 11) is 0. The second-order valence-corrected chi connectivity index (χ2v) is 4.97.